The van der Waals surface area contributed by atoms with E-state index in [9.17, 15) is 26.3 Å². The Hall–Kier alpha value is -7.68. The fourth-order valence-corrected chi connectivity index (χ4v) is 7.59. The van der Waals surface area contributed by atoms with Gasteiger partial charge in [0.15, 0.2) is 22.7 Å². The van der Waals surface area contributed by atoms with Crippen LogP contribution in [0, 0.1) is 5.82 Å². The van der Waals surface area contributed by atoms with Gasteiger partial charge in [-0.3, -0.25) is 9.13 Å². The highest BCUT2D eigenvalue weighted by Crippen LogP contribution is 2.41. The molecular weight excluding hydrogens is 786 g/mol. The van der Waals surface area contributed by atoms with Gasteiger partial charge in [0.2, 0.25) is 5.82 Å². The van der Waals surface area contributed by atoms with E-state index in [0.29, 0.717) is 27.8 Å². The molecule has 0 unspecified atom stereocenters. The Kier molecular flexibility index (Phi) is 8.38. The van der Waals surface area contributed by atoms with Gasteiger partial charge < -0.3 is 0 Å². The summed E-state index contributed by atoms with van der Waals surface area (Å²) in [5.41, 5.74) is 0.960. The highest BCUT2D eigenvalue weighted by molar-refractivity contribution is 5.88. The molecule has 294 valence electrons. The quantitative estimate of drug-likeness (QED) is 0.134. The van der Waals surface area contributed by atoms with Gasteiger partial charge in [0.1, 0.15) is 17.2 Å². The van der Waals surface area contributed by atoms with E-state index >= 15 is 4.39 Å². The molecule has 0 radical (unpaired) electrons. The van der Waals surface area contributed by atoms with E-state index in [1.54, 1.807) is 95.7 Å². The van der Waals surface area contributed by atoms with Crippen LogP contribution in [-0.4, -0.2) is 34.1 Å². The van der Waals surface area contributed by atoms with Crippen molar-refractivity contribution in [2.45, 2.75) is 12.4 Å². The summed E-state index contributed by atoms with van der Waals surface area (Å²) in [4.78, 5) is 22.2. The van der Waals surface area contributed by atoms with Crippen LogP contribution in [0.2, 0.25) is 0 Å². The van der Waals surface area contributed by atoms with Crippen LogP contribution in [0.5, 0.6) is 0 Å². The van der Waals surface area contributed by atoms with Crippen molar-refractivity contribution in [3.05, 3.63) is 169 Å². The van der Waals surface area contributed by atoms with Gasteiger partial charge in [-0.1, -0.05) is 48.5 Å². The maximum atomic E-state index is 15.1. The smallest absolute Gasteiger partial charge is 0.292 e. The van der Waals surface area contributed by atoms with Gasteiger partial charge in [0.05, 0.1) is 39.7 Å². The molecule has 10 rings (SSSR count). The first-order valence-electron chi connectivity index (χ1n) is 18.4. The summed E-state index contributed by atoms with van der Waals surface area (Å²) in [7, 11) is 0. The van der Waals surface area contributed by atoms with Gasteiger partial charge in [-0.05, 0) is 91.0 Å². The van der Waals surface area contributed by atoms with Gasteiger partial charge >= 0.3 is 18.0 Å². The summed E-state index contributed by atoms with van der Waals surface area (Å²) in [5.74, 6) is -0.0660. The third kappa shape index (κ3) is 6.13. The number of hydrogen-bond donors (Lipinski definition) is 1. The van der Waals surface area contributed by atoms with Crippen molar-refractivity contribution < 1.29 is 35.3 Å². The third-order valence-electron chi connectivity index (χ3n) is 10.2. The number of hydrogen-bond acceptors (Lipinski definition) is 4. The van der Waals surface area contributed by atoms with Crippen LogP contribution in [0.3, 0.4) is 0 Å². The summed E-state index contributed by atoms with van der Waals surface area (Å²) in [6.07, 6.45) is -6.39. The fraction of sp³-hybridized carbons (Fsp3) is 0.0444. The van der Waals surface area contributed by atoms with Gasteiger partial charge in [0, 0.05) is 22.9 Å². The first-order chi connectivity index (χ1) is 28.9. The van der Waals surface area contributed by atoms with Gasteiger partial charge in [0.25, 0.3) is 0 Å². The number of pyridine rings is 2. The number of aromatic amines is 1. The number of rotatable bonds is 6. The Balaban J connectivity index is 1.29. The predicted molar refractivity (Wildman–Crippen MR) is 211 cm³/mol. The minimum absolute atomic E-state index is 0.0550. The molecule has 0 saturated heterocycles. The molecule has 0 aliphatic heterocycles. The van der Waals surface area contributed by atoms with Crippen LogP contribution in [0.15, 0.2) is 152 Å². The normalized spacial score (nSPS) is 12.2. The average Bonchev–Trinajstić information content (AvgIpc) is 3.97. The van der Waals surface area contributed by atoms with Crippen molar-refractivity contribution >= 4 is 33.4 Å². The van der Waals surface area contributed by atoms with Gasteiger partial charge in [-0.15, -0.1) is 0 Å². The third-order valence-corrected chi connectivity index (χ3v) is 10.2. The number of benzene rings is 5. The molecule has 0 bridgehead atoms. The molecule has 10 aromatic rings. The summed E-state index contributed by atoms with van der Waals surface area (Å²) in [5, 5.41) is 0. The van der Waals surface area contributed by atoms with Crippen LogP contribution in [0.25, 0.3) is 84.6 Å². The summed E-state index contributed by atoms with van der Waals surface area (Å²) >= 11 is 0. The Morgan fingerprint density at radius 2 is 1.10 bits per heavy atom. The number of fused-ring (bicyclic) bond motifs is 3. The number of aromatic nitrogens is 8. The summed E-state index contributed by atoms with van der Waals surface area (Å²) in [6.45, 7) is 0. The summed E-state index contributed by atoms with van der Waals surface area (Å²) < 4.78 is 107. The van der Waals surface area contributed by atoms with Crippen molar-refractivity contribution in [3.8, 4) is 51.2 Å². The van der Waals surface area contributed by atoms with Crippen molar-refractivity contribution in [2.24, 2.45) is 0 Å². The number of para-hydroxylation sites is 5. The second kappa shape index (κ2) is 13.7. The zero-order chi connectivity index (χ0) is 41.3. The monoisotopic (exact) mass is 811 g/mol. The zero-order valence-corrected chi connectivity index (χ0v) is 30.7. The molecule has 1 N–H and O–H groups in total. The minimum atomic E-state index is -4.76. The van der Waals surface area contributed by atoms with Crippen LogP contribution in [-0.2, 0) is 12.4 Å². The molecule has 0 aliphatic rings. The Bertz CT molecular complexity index is 3130. The van der Waals surface area contributed by atoms with Crippen LogP contribution < -0.4 is 4.57 Å². The van der Waals surface area contributed by atoms with E-state index in [2.05, 4.69) is 9.97 Å². The molecule has 5 heterocycles. The van der Waals surface area contributed by atoms with E-state index in [1.807, 2.05) is 0 Å². The van der Waals surface area contributed by atoms with Crippen LogP contribution >= 0.6 is 0 Å². The maximum Gasteiger partial charge on any atom is 0.418 e. The van der Waals surface area contributed by atoms with Gasteiger partial charge in [-0.25, -0.2) is 29.3 Å². The lowest BCUT2D eigenvalue weighted by Crippen LogP contribution is -2.32. The Morgan fingerprint density at radius 3 is 1.82 bits per heavy atom. The van der Waals surface area contributed by atoms with Gasteiger partial charge in [-0.2, -0.15) is 30.9 Å². The largest absolute Gasteiger partial charge is 0.418 e. The number of imidazole rings is 3. The summed E-state index contributed by atoms with van der Waals surface area (Å²) in [6, 6.07) is 34.8. The molecule has 8 nitrogen and oxygen atoms in total. The van der Waals surface area contributed by atoms with E-state index in [1.165, 1.54) is 57.8 Å². The zero-order valence-electron chi connectivity index (χ0n) is 30.7. The predicted octanol–water partition coefficient (Wildman–Crippen LogP) is 11.1. The fourth-order valence-electron chi connectivity index (χ4n) is 7.59. The number of nitrogens with one attached hydrogen (secondary N) is 1. The SMILES string of the molecule is Fc1ccccc1-[n+]1cccc2nc(-c3cc(-c4nc5ccccc5n4-c4ccccc4C(F)(F)F)cc(-c4nc5cccnc5n4-c4ccccc4C(F)(F)F)c3)[nH]c21. The van der Waals surface area contributed by atoms with Crippen molar-refractivity contribution in [3.63, 3.8) is 0 Å². The van der Waals surface area contributed by atoms with Crippen molar-refractivity contribution in [2.75, 3.05) is 0 Å². The van der Waals surface area contributed by atoms with E-state index in [-0.39, 0.29) is 56.8 Å². The minimum Gasteiger partial charge on any atom is -0.292 e. The lowest BCUT2D eigenvalue weighted by molar-refractivity contribution is -0.571. The highest BCUT2D eigenvalue weighted by atomic mass is 19.4. The first kappa shape index (κ1) is 36.6. The first-order valence-corrected chi connectivity index (χ1v) is 18.4. The molecule has 0 fully saturated rings. The van der Waals surface area contributed by atoms with Crippen LogP contribution in [0.1, 0.15) is 11.1 Å². The number of halogens is 7. The molecule has 15 heteroatoms. The second-order valence-corrected chi connectivity index (χ2v) is 13.9. The molecule has 0 amide bonds. The molecule has 5 aromatic heterocycles. The number of nitrogens with zero attached hydrogens (tertiary/aromatic N) is 7. The number of H-pyrrole nitrogens is 1. The van der Waals surface area contributed by atoms with E-state index < -0.39 is 29.3 Å². The molecule has 5 aromatic carbocycles. The van der Waals surface area contributed by atoms with Crippen molar-refractivity contribution in [1.82, 2.24) is 34.1 Å². The van der Waals surface area contributed by atoms with E-state index in [0.717, 1.165) is 12.1 Å². The number of alkyl halides is 6. The second-order valence-electron chi connectivity index (χ2n) is 13.9. The highest BCUT2D eigenvalue weighted by Gasteiger charge is 2.36. The van der Waals surface area contributed by atoms with Crippen molar-refractivity contribution in [1.29, 1.82) is 0 Å². The molecular formula is C45H26F7N8+. The molecule has 60 heavy (non-hydrogen) atoms. The van der Waals surface area contributed by atoms with E-state index in [4.69, 9.17) is 15.0 Å². The molecule has 0 spiro atoms. The maximum absolute atomic E-state index is 15.1. The molecule has 0 aliphatic carbocycles. The molecule has 0 saturated carbocycles. The lowest BCUT2D eigenvalue weighted by atomic mass is 10.0. The van der Waals surface area contributed by atoms with Crippen LogP contribution in [0.4, 0.5) is 30.7 Å². The Morgan fingerprint density at radius 1 is 0.533 bits per heavy atom. The lowest BCUT2D eigenvalue weighted by Gasteiger charge is -2.18. The average molecular weight is 812 g/mol. The molecule has 0 atom stereocenters. The topological polar surface area (TPSA) is 81.1 Å². The standard InChI is InChI=1S/C45H25F7N8/c46-31-13-3-7-19-37(31)58-22-10-16-34-43(58)57-39(54-34)26-23-27(40-55-32-14-4-8-20-38(32)59(40)35-17-5-1-11-29(35)44(47,48)49)25-28(24-26)41-56-33-15-9-21-53-42(33)60(41)36-18-6-2-12-30(36)45(50,51)52/h1-25H/p+1. The Labute approximate surface area is 334 Å².